The first-order chi connectivity index (χ1) is 14.4. The minimum absolute atomic E-state index is 0.233. The second kappa shape index (κ2) is 9.29. The average Bonchev–Trinajstić information content (AvgIpc) is 2.72. The number of hydrogen-bond donors (Lipinski definition) is 1. The van der Waals surface area contributed by atoms with Crippen LogP contribution < -0.4 is 14.8 Å². The molecule has 7 heteroatoms. The van der Waals surface area contributed by atoms with Gasteiger partial charge >= 0.3 is 0 Å². The largest absolute Gasteiger partial charge is 0.481 e. The molecule has 30 heavy (non-hydrogen) atoms. The normalized spacial score (nSPS) is 11.3. The highest BCUT2D eigenvalue weighted by molar-refractivity contribution is 6.30. The topological polar surface area (TPSA) is 84.2 Å². The molecule has 1 amide bonds. The summed E-state index contributed by atoms with van der Waals surface area (Å²) in [6.45, 7) is 5.40. The molecular formula is C23H20ClN3O3. The maximum absolute atomic E-state index is 12.6. The predicted octanol–water partition coefficient (Wildman–Crippen LogP) is 5.42. The molecule has 152 valence electrons. The van der Waals surface area contributed by atoms with E-state index >= 15 is 0 Å². The van der Waals surface area contributed by atoms with Crippen LogP contribution in [0.15, 0.2) is 54.7 Å². The van der Waals surface area contributed by atoms with Gasteiger partial charge in [-0.25, -0.2) is 4.98 Å². The molecule has 0 aliphatic rings. The Balaban J connectivity index is 1.67. The number of carbonyl (C=O) groups excluding carboxylic acids is 1. The third-order valence-electron chi connectivity index (χ3n) is 4.37. The number of nitrogens with zero attached hydrogens (tertiary/aromatic N) is 2. The Bertz CT molecular complexity index is 1120. The molecule has 1 N–H and O–H groups in total. The van der Waals surface area contributed by atoms with Crippen LogP contribution >= 0.6 is 11.6 Å². The number of nitrogens with one attached hydrogen (secondary N) is 1. The standard InChI is InChI=1S/C23H20ClN3O3/c1-14-12-19(30-23-17(13-25)5-4-10-26-23)7-8-20(14)27-22(28)16(3)29-21-9-6-18(24)11-15(21)2/h4-12,16H,1-3H3,(H,27,28). The maximum atomic E-state index is 12.6. The van der Waals surface area contributed by atoms with Gasteiger partial charge in [0.15, 0.2) is 6.10 Å². The number of amides is 1. The van der Waals surface area contributed by atoms with Crippen molar-refractivity contribution in [3.05, 3.63) is 76.4 Å². The smallest absolute Gasteiger partial charge is 0.265 e. The number of nitriles is 1. The van der Waals surface area contributed by atoms with E-state index in [1.54, 1.807) is 61.7 Å². The molecule has 3 rings (SSSR count). The highest BCUT2D eigenvalue weighted by Gasteiger charge is 2.17. The number of ether oxygens (including phenoxy) is 2. The second-order valence-electron chi connectivity index (χ2n) is 6.71. The SMILES string of the molecule is Cc1cc(Oc2ncccc2C#N)ccc1NC(=O)C(C)Oc1ccc(Cl)cc1C. The molecule has 0 aliphatic carbocycles. The highest BCUT2D eigenvalue weighted by atomic mass is 35.5. The van der Waals surface area contributed by atoms with Gasteiger partial charge in [-0.3, -0.25) is 4.79 Å². The monoisotopic (exact) mass is 421 g/mol. The Hall–Kier alpha value is -3.56. The molecule has 2 aromatic carbocycles. The predicted molar refractivity (Wildman–Crippen MR) is 115 cm³/mol. The number of aromatic nitrogens is 1. The van der Waals surface area contributed by atoms with E-state index in [1.165, 1.54) is 0 Å². The van der Waals surface area contributed by atoms with Gasteiger partial charge in [-0.1, -0.05) is 11.6 Å². The van der Waals surface area contributed by atoms with E-state index in [-0.39, 0.29) is 11.8 Å². The minimum atomic E-state index is -0.702. The van der Waals surface area contributed by atoms with Crippen LogP contribution in [-0.2, 0) is 4.79 Å². The van der Waals surface area contributed by atoms with Crippen molar-refractivity contribution < 1.29 is 14.3 Å². The van der Waals surface area contributed by atoms with Gasteiger partial charge in [0.2, 0.25) is 5.88 Å². The summed E-state index contributed by atoms with van der Waals surface area (Å²) in [5.41, 5.74) is 2.63. The van der Waals surface area contributed by atoms with Crippen LogP contribution in [0.1, 0.15) is 23.6 Å². The molecule has 0 saturated carbocycles. The van der Waals surface area contributed by atoms with Gasteiger partial charge < -0.3 is 14.8 Å². The van der Waals surface area contributed by atoms with Crippen LogP contribution in [-0.4, -0.2) is 17.0 Å². The lowest BCUT2D eigenvalue weighted by Gasteiger charge is -2.17. The first kappa shape index (κ1) is 21.2. The molecule has 0 bridgehead atoms. The lowest BCUT2D eigenvalue weighted by molar-refractivity contribution is -0.122. The highest BCUT2D eigenvalue weighted by Crippen LogP contribution is 2.27. The zero-order valence-electron chi connectivity index (χ0n) is 16.8. The second-order valence-corrected chi connectivity index (χ2v) is 7.14. The van der Waals surface area contributed by atoms with Crippen LogP contribution in [0, 0.1) is 25.2 Å². The van der Waals surface area contributed by atoms with Crippen molar-refractivity contribution in [2.45, 2.75) is 26.9 Å². The number of benzene rings is 2. The molecule has 1 aromatic heterocycles. The number of halogens is 1. The molecule has 1 heterocycles. The Morgan fingerprint density at radius 1 is 1.17 bits per heavy atom. The number of pyridine rings is 1. The Morgan fingerprint density at radius 3 is 2.67 bits per heavy atom. The van der Waals surface area contributed by atoms with Crippen molar-refractivity contribution in [1.82, 2.24) is 4.98 Å². The number of rotatable bonds is 6. The Morgan fingerprint density at radius 2 is 1.97 bits per heavy atom. The fourth-order valence-electron chi connectivity index (χ4n) is 2.73. The summed E-state index contributed by atoms with van der Waals surface area (Å²) in [7, 11) is 0. The average molecular weight is 422 g/mol. The van der Waals surface area contributed by atoms with Gasteiger partial charge in [0.1, 0.15) is 23.1 Å². The van der Waals surface area contributed by atoms with Gasteiger partial charge in [0.25, 0.3) is 5.91 Å². The molecule has 1 unspecified atom stereocenters. The third-order valence-corrected chi connectivity index (χ3v) is 4.61. The zero-order chi connectivity index (χ0) is 21.7. The number of anilines is 1. The molecule has 0 fully saturated rings. The van der Waals surface area contributed by atoms with E-state index in [1.807, 2.05) is 19.9 Å². The summed E-state index contributed by atoms with van der Waals surface area (Å²) >= 11 is 5.96. The van der Waals surface area contributed by atoms with Gasteiger partial charge in [-0.05, 0) is 80.4 Å². The van der Waals surface area contributed by atoms with E-state index in [0.29, 0.717) is 27.8 Å². The molecule has 0 aliphatic heterocycles. The van der Waals surface area contributed by atoms with Gasteiger partial charge in [-0.15, -0.1) is 0 Å². The summed E-state index contributed by atoms with van der Waals surface area (Å²) in [6.07, 6.45) is 0.855. The van der Waals surface area contributed by atoms with Crippen molar-refractivity contribution in [2.24, 2.45) is 0 Å². The van der Waals surface area contributed by atoms with Crippen LogP contribution in [0.5, 0.6) is 17.4 Å². The zero-order valence-corrected chi connectivity index (χ0v) is 17.5. The fourth-order valence-corrected chi connectivity index (χ4v) is 2.96. The molecule has 0 spiro atoms. The first-order valence-electron chi connectivity index (χ1n) is 9.24. The minimum Gasteiger partial charge on any atom is -0.481 e. The summed E-state index contributed by atoms with van der Waals surface area (Å²) < 4.78 is 11.5. The fraction of sp³-hybridized carbons (Fsp3) is 0.174. The Kier molecular flexibility index (Phi) is 6.55. The van der Waals surface area contributed by atoms with Gasteiger partial charge in [-0.2, -0.15) is 5.26 Å². The molecule has 3 aromatic rings. The van der Waals surface area contributed by atoms with Crippen molar-refractivity contribution in [1.29, 1.82) is 5.26 Å². The quantitative estimate of drug-likeness (QED) is 0.574. The molecular weight excluding hydrogens is 402 g/mol. The molecule has 6 nitrogen and oxygen atoms in total. The van der Waals surface area contributed by atoms with Crippen molar-refractivity contribution in [2.75, 3.05) is 5.32 Å². The third kappa shape index (κ3) is 5.07. The van der Waals surface area contributed by atoms with Crippen LogP contribution in [0.4, 0.5) is 5.69 Å². The van der Waals surface area contributed by atoms with E-state index in [9.17, 15) is 4.79 Å². The first-order valence-corrected chi connectivity index (χ1v) is 9.62. The van der Waals surface area contributed by atoms with Crippen molar-refractivity contribution >= 4 is 23.2 Å². The lowest BCUT2D eigenvalue weighted by atomic mass is 10.2. The van der Waals surface area contributed by atoms with Gasteiger partial charge in [0, 0.05) is 16.9 Å². The summed E-state index contributed by atoms with van der Waals surface area (Å²) in [6, 6.07) is 15.8. The molecule has 1 atom stereocenters. The van der Waals surface area contributed by atoms with E-state index in [4.69, 9.17) is 26.3 Å². The van der Waals surface area contributed by atoms with E-state index < -0.39 is 6.10 Å². The van der Waals surface area contributed by atoms with Crippen LogP contribution in [0.25, 0.3) is 0 Å². The lowest BCUT2D eigenvalue weighted by Crippen LogP contribution is -2.30. The maximum Gasteiger partial charge on any atom is 0.265 e. The van der Waals surface area contributed by atoms with Crippen LogP contribution in [0.3, 0.4) is 0 Å². The summed E-state index contributed by atoms with van der Waals surface area (Å²) in [4.78, 5) is 16.6. The van der Waals surface area contributed by atoms with E-state index in [2.05, 4.69) is 10.3 Å². The molecule has 0 saturated heterocycles. The summed E-state index contributed by atoms with van der Waals surface area (Å²) in [5, 5.41) is 12.6. The van der Waals surface area contributed by atoms with Crippen LogP contribution in [0.2, 0.25) is 5.02 Å². The Labute approximate surface area is 180 Å². The number of carbonyl (C=O) groups is 1. The molecule has 0 radical (unpaired) electrons. The van der Waals surface area contributed by atoms with Crippen molar-refractivity contribution in [3.8, 4) is 23.4 Å². The van der Waals surface area contributed by atoms with Gasteiger partial charge in [0.05, 0.1) is 0 Å². The number of hydrogen-bond acceptors (Lipinski definition) is 5. The van der Waals surface area contributed by atoms with E-state index in [0.717, 1.165) is 11.1 Å². The van der Waals surface area contributed by atoms with Crippen molar-refractivity contribution in [3.63, 3.8) is 0 Å². The summed E-state index contributed by atoms with van der Waals surface area (Å²) in [5.74, 6) is 1.07. The number of aryl methyl sites for hydroxylation is 2.